The quantitative estimate of drug-likeness (QED) is 0.518. The van der Waals surface area contributed by atoms with Gasteiger partial charge in [-0.1, -0.05) is 6.07 Å². The number of anilines is 2. The Kier molecular flexibility index (Phi) is 8.81. The highest BCUT2D eigenvalue weighted by Gasteiger charge is 2.06. The summed E-state index contributed by atoms with van der Waals surface area (Å²) in [5, 5.41) is 8.59. The number of carbonyl (C=O) groups is 2. The molecule has 0 unspecified atom stereocenters. The predicted octanol–water partition coefficient (Wildman–Crippen LogP) is 2.90. The fraction of sp³-hybridized carbons (Fsp3) is 0.333. The van der Waals surface area contributed by atoms with E-state index in [9.17, 15) is 9.59 Å². The molecule has 28 heavy (non-hydrogen) atoms. The molecule has 7 heteroatoms. The van der Waals surface area contributed by atoms with Crippen molar-refractivity contribution in [3.8, 4) is 5.75 Å². The van der Waals surface area contributed by atoms with Crippen LogP contribution in [0.4, 0.5) is 11.4 Å². The molecule has 0 fully saturated rings. The number of amides is 2. The fourth-order valence-electron chi connectivity index (χ4n) is 2.41. The van der Waals surface area contributed by atoms with Crippen molar-refractivity contribution < 1.29 is 19.1 Å². The largest absolute Gasteiger partial charge is 0.491 e. The zero-order chi connectivity index (χ0) is 20.2. The highest BCUT2D eigenvalue weighted by atomic mass is 16.5. The SMILES string of the molecule is CCNC(=O)c1ccc(NC(=O)CNc2cccc(OCCOCC)c2)cc1. The van der Waals surface area contributed by atoms with Crippen LogP contribution in [0.5, 0.6) is 5.75 Å². The van der Waals surface area contributed by atoms with Gasteiger partial charge >= 0.3 is 0 Å². The van der Waals surface area contributed by atoms with E-state index >= 15 is 0 Å². The van der Waals surface area contributed by atoms with Crippen LogP contribution in [0.2, 0.25) is 0 Å². The summed E-state index contributed by atoms with van der Waals surface area (Å²) in [5.74, 6) is 0.393. The molecular formula is C21H27N3O4. The first-order valence-corrected chi connectivity index (χ1v) is 9.35. The van der Waals surface area contributed by atoms with Gasteiger partial charge in [-0.2, -0.15) is 0 Å². The summed E-state index contributed by atoms with van der Waals surface area (Å²) in [6, 6.07) is 14.2. The standard InChI is InChI=1S/C21H27N3O4/c1-3-22-21(26)16-8-10-17(11-9-16)24-20(25)15-23-18-6-5-7-19(14-18)28-13-12-27-4-2/h5-11,14,23H,3-4,12-13,15H2,1-2H3,(H,22,26)(H,24,25). The molecule has 0 bridgehead atoms. The second-order valence-electron chi connectivity index (χ2n) is 5.91. The molecule has 0 aliphatic heterocycles. The van der Waals surface area contributed by atoms with Gasteiger partial charge in [-0.05, 0) is 50.2 Å². The number of carbonyl (C=O) groups excluding carboxylic acids is 2. The molecule has 0 atom stereocenters. The molecule has 2 amide bonds. The van der Waals surface area contributed by atoms with Gasteiger partial charge in [0.15, 0.2) is 0 Å². The number of nitrogens with one attached hydrogen (secondary N) is 3. The minimum Gasteiger partial charge on any atom is -0.491 e. The summed E-state index contributed by atoms with van der Waals surface area (Å²) in [6.07, 6.45) is 0. The van der Waals surface area contributed by atoms with Crippen molar-refractivity contribution in [3.63, 3.8) is 0 Å². The van der Waals surface area contributed by atoms with Gasteiger partial charge in [-0.3, -0.25) is 9.59 Å². The summed E-state index contributed by atoms with van der Waals surface area (Å²) in [6.45, 7) is 6.16. The summed E-state index contributed by atoms with van der Waals surface area (Å²) < 4.78 is 10.8. The van der Waals surface area contributed by atoms with Crippen LogP contribution in [-0.2, 0) is 9.53 Å². The van der Waals surface area contributed by atoms with Crippen molar-refractivity contribution in [2.24, 2.45) is 0 Å². The van der Waals surface area contributed by atoms with E-state index in [0.717, 1.165) is 5.69 Å². The van der Waals surface area contributed by atoms with Gasteiger partial charge in [-0.25, -0.2) is 0 Å². The van der Waals surface area contributed by atoms with E-state index in [1.54, 1.807) is 24.3 Å². The van der Waals surface area contributed by atoms with Gasteiger partial charge in [0, 0.05) is 36.2 Å². The minimum atomic E-state index is -0.187. The first-order valence-electron chi connectivity index (χ1n) is 9.35. The maximum Gasteiger partial charge on any atom is 0.251 e. The average Bonchev–Trinajstić information content (AvgIpc) is 2.71. The van der Waals surface area contributed by atoms with Crippen molar-refractivity contribution in [3.05, 3.63) is 54.1 Å². The molecule has 2 aromatic rings. The lowest BCUT2D eigenvalue weighted by Crippen LogP contribution is -2.23. The summed E-state index contributed by atoms with van der Waals surface area (Å²) in [4.78, 5) is 23.9. The van der Waals surface area contributed by atoms with Gasteiger partial charge in [0.2, 0.25) is 5.91 Å². The van der Waals surface area contributed by atoms with Gasteiger partial charge in [0.1, 0.15) is 12.4 Å². The molecular weight excluding hydrogens is 358 g/mol. The molecule has 0 aromatic heterocycles. The van der Waals surface area contributed by atoms with E-state index in [1.807, 2.05) is 38.1 Å². The third kappa shape index (κ3) is 7.28. The third-order valence-corrected chi connectivity index (χ3v) is 3.76. The Balaban J connectivity index is 1.80. The average molecular weight is 385 g/mol. The Hall–Kier alpha value is -3.06. The van der Waals surface area contributed by atoms with Gasteiger partial charge in [0.25, 0.3) is 5.91 Å². The second kappa shape index (κ2) is 11.6. The molecule has 0 aliphatic rings. The van der Waals surface area contributed by atoms with Crippen LogP contribution >= 0.6 is 0 Å². The predicted molar refractivity (Wildman–Crippen MR) is 110 cm³/mol. The molecule has 0 radical (unpaired) electrons. The highest BCUT2D eigenvalue weighted by molar-refractivity contribution is 5.96. The van der Waals surface area contributed by atoms with Gasteiger partial charge in [-0.15, -0.1) is 0 Å². The fourth-order valence-corrected chi connectivity index (χ4v) is 2.41. The Labute approximate surface area is 165 Å². The van der Waals surface area contributed by atoms with E-state index in [-0.39, 0.29) is 18.4 Å². The zero-order valence-electron chi connectivity index (χ0n) is 16.3. The Morgan fingerprint density at radius 2 is 1.75 bits per heavy atom. The van der Waals surface area contributed by atoms with Gasteiger partial charge in [0.05, 0.1) is 13.2 Å². The monoisotopic (exact) mass is 385 g/mol. The van der Waals surface area contributed by atoms with E-state index < -0.39 is 0 Å². The Morgan fingerprint density at radius 3 is 2.46 bits per heavy atom. The highest BCUT2D eigenvalue weighted by Crippen LogP contribution is 2.17. The summed E-state index contributed by atoms with van der Waals surface area (Å²) in [5.41, 5.74) is 1.97. The van der Waals surface area contributed by atoms with Gasteiger partial charge < -0.3 is 25.4 Å². The number of hydrogen-bond donors (Lipinski definition) is 3. The Bertz CT molecular complexity index is 763. The molecule has 0 heterocycles. The molecule has 0 aliphatic carbocycles. The number of rotatable bonds is 11. The first-order chi connectivity index (χ1) is 13.6. The smallest absolute Gasteiger partial charge is 0.251 e. The van der Waals surface area contributed by atoms with E-state index in [2.05, 4.69) is 16.0 Å². The minimum absolute atomic E-state index is 0.112. The molecule has 0 saturated carbocycles. The van der Waals surface area contributed by atoms with Crippen LogP contribution in [0, 0.1) is 0 Å². The van der Waals surface area contributed by atoms with Crippen LogP contribution < -0.4 is 20.7 Å². The normalized spacial score (nSPS) is 10.2. The summed E-state index contributed by atoms with van der Waals surface area (Å²) >= 11 is 0. The lowest BCUT2D eigenvalue weighted by atomic mass is 10.2. The first kappa shape index (κ1) is 21.2. The van der Waals surface area contributed by atoms with Crippen molar-refractivity contribution in [1.29, 1.82) is 0 Å². The van der Waals surface area contributed by atoms with E-state index in [1.165, 1.54) is 0 Å². The molecule has 3 N–H and O–H groups in total. The molecule has 0 spiro atoms. The second-order valence-corrected chi connectivity index (χ2v) is 5.91. The van der Waals surface area contributed by atoms with Crippen molar-refractivity contribution in [2.75, 3.05) is 43.5 Å². The maximum atomic E-state index is 12.1. The molecule has 7 nitrogen and oxygen atoms in total. The third-order valence-electron chi connectivity index (χ3n) is 3.76. The lowest BCUT2D eigenvalue weighted by molar-refractivity contribution is -0.114. The Morgan fingerprint density at radius 1 is 0.964 bits per heavy atom. The lowest BCUT2D eigenvalue weighted by Gasteiger charge is -2.11. The van der Waals surface area contributed by atoms with Crippen LogP contribution in [0.1, 0.15) is 24.2 Å². The number of hydrogen-bond acceptors (Lipinski definition) is 5. The molecule has 150 valence electrons. The number of ether oxygens (including phenoxy) is 2. The van der Waals surface area contributed by atoms with Crippen molar-refractivity contribution in [2.45, 2.75) is 13.8 Å². The molecule has 2 rings (SSSR count). The van der Waals surface area contributed by atoms with Crippen LogP contribution in [0.15, 0.2) is 48.5 Å². The molecule has 2 aromatic carbocycles. The van der Waals surface area contributed by atoms with Crippen LogP contribution in [-0.4, -0.2) is 44.7 Å². The van der Waals surface area contributed by atoms with Crippen molar-refractivity contribution in [1.82, 2.24) is 5.32 Å². The molecule has 0 saturated heterocycles. The van der Waals surface area contributed by atoms with Crippen LogP contribution in [0.25, 0.3) is 0 Å². The maximum absolute atomic E-state index is 12.1. The van der Waals surface area contributed by atoms with Crippen molar-refractivity contribution >= 4 is 23.2 Å². The van der Waals surface area contributed by atoms with Crippen LogP contribution in [0.3, 0.4) is 0 Å². The number of benzene rings is 2. The van der Waals surface area contributed by atoms with E-state index in [4.69, 9.17) is 9.47 Å². The zero-order valence-corrected chi connectivity index (χ0v) is 16.3. The topological polar surface area (TPSA) is 88.7 Å². The van der Waals surface area contributed by atoms with E-state index in [0.29, 0.717) is 43.4 Å². The summed E-state index contributed by atoms with van der Waals surface area (Å²) in [7, 11) is 0.